The molecule has 3 nitrogen and oxygen atoms in total. The van der Waals surface area contributed by atoms with E-state index in [1.807, 2.05) is 0 Å². The van der Waals surface area contributed by atoms with E-state index in [1.54, 1.807) is 13.2 Å². The zero-order chi connectivity index (χ0) is 6.69. The van der Waals surface area contributed by atoms with Crippen LogP contribution in [0.5, 0.6) is 5.75 Å². The molecule has 0 atom stereocenters. The normalized spacial score (nSPS) is 9.00. The highest BCUT2D eigenvalue weighted by atomic mass is 16.5. The van der Waals surface area contributed by atoms with Crippen molar-refractivity contribution in [3.05, 3.63) is 18.3 Å². The van der Waals surface area contributed by atoms with Gasteiger partial charge in [-0.1, -0.05) is 0 Å². The van der Waals surface area contributed by atoms with Crippen LogP contribution < -0.4 is 10.5 Å². The zero-order valence-corrected chi connectivity index (χ0v) is 5.09. The third kappa shape index (κ3) is 1.32. The maximum absolute atomic E-state index is 5.32. The number of pyridine rings is 1. The first-order valence-corrected chi connectivity index (χ1v) is 2.50. The molecule has 0 aliphatic heterocycles. The Labute approximate surface area is 53.5 Å². The number of nitrogen functional groups attached to an aromatic ring is 1. The number of aromatic nitrogens is 1. The van der Waals surface area contributed by atoms with Crippen molar-refractivity contribution < 1.29 is 4.74 Å². The standard InChI is InChI=1S/C6H7N2O/c1-9-5-2-3-8-6(7)4-5/h3-4H,1H3,(H2,7,8). The SMILES string of the molecule is COc1[c]cnc(N)c1. The summed E-state index contributed by atoms with van der Waals surface area (Å²) in [6.45, 7) is 0. The van der Waals surface area contributed by atoms with E-state index in [0.717, 1.165) is 0 Å². The number of hydrogen-bond acceptors (Lipinski definition) is 3. The Kier molecular flexibility index (Phi) is 1.53. The van der Waals surface area contributed by atoms with Crippen LogP contribution in [0.25, 0.3) is 0 Å². The number of nitrogens with two attached hydrogens (primary N) is 1. The average molecular weight is 123 g/mol. The molecule has 0 aliphatic carbocycles. The molecule has 0 amide bonds. The maximum Gasteiger partial charge on any atom is 0.132 e. The minimum absolute atomic E-state index is 0.450. The summed E-state index contributed by atoms with van der Waals surface area (Å²) >= 11 is 0. The van der Waals surface area contributed by atoms with Crippen molar-refractivity contribution in [1.29, 1.82) is 0 Å². The summed E-state index contributed by atoms with van der Waals surface area (Å²) < 4.78 is 4.82. The van der Waals surface area contributed by atoms with E-state index in [1.165, 1.54) is 6.20 Å². The molecule has 1 aromatic rings. The van der Waals surface area contributed by atoms with Gasteiger partial charge in [-0.15, -0.1) is 0 Å². The van der Waals surface area contributed by atoms with E-state index >= 15 is 0 Å². The summed E-state index contributed by atoms with van der Waals surface area (Å²) in [5, 5.41) is 0. The van der Waals surface area contributed by atoms with E-state index < -0.39 is 0 Å². The van der Waals surface area contributed by atoms with Crippen LogP contribution in [0.15, 0.2) is 12.3 Å². The highest BCUT2D eigenvalue weighted by Crippen LogP contribution is 2.08. The van der Waals surface area contributed by atoms with Gasteiger partial charge >= 0.3 is 0 Å². The summed E-state index contributed by atoms with van der Waals surface area (Å²) in [6, 6.07) is 4.36. The van der Waals surface area contributed by atoms with Crippen LogP contribution in [0.2, 0.25) is 0 Å². The lowest BCUT2D eigenvalue weighted by atomic mass is 10.4. The molecule has 0 bridgehead atoms. The summed E-state index contributed by atoms with van der Waals surface area (Å²) in [7, 11) is 1.56. The molecule has 0 unspecified atom stereocenters. The molecule has 0 aliphatic rings. The lowest BCUT2D eigenvalue weighted by Crippen LogP contribution is -1.90. The fourth-order valence-corrected chi connectivity index (χ4v) is 0.502. The Morgan fingerprint density at radius 3 is 3.00 bits per heavy atom. The largest absolute Gasteiger partial charge is 0.496 e. The van der Waals surface area contributed by atoms with Crippen LogP contribution in [0.4, 0.5) is 5.82 Å². The van der Waals surface area contributed by atoms with E-state index in [-0.39, 0.29) is 0 Å². The fourth-order valence-electron chi connectivity index (χ4n) is 0.502. The highest BCUT2D eigenvalue weighted by Gasteiger charge is 1.89. The van der Waals surface area contributed by atoms with Crippen LogP contribution in [-0.2, 0) is 0 Å². The van der Waals surface area contributed by atoms with Gasteiger partial charge in [-0.05, 0) is 0 Å². The van der Waals surface area contributed by atoms with Gasteiger partial charge in [0, 0.05) is 18.3 Å². The maximum atomic E-state index is 5.32. The Bertz CT molecular complexity index is 200. The molecule has 0 saturated carbocycles. The van der Waals surface area contributed by atoms with Crippen LogP contribution >= 0.6 is 0 Å². The average Bonchev–Trinajstić information content (AvgIpc) is 1.88. The molecule has 2 N–H and O–H groups in total. The van der Waals surface area contributed by atoms with Gasteiger partial charge in [-0.25, -0.2) is 4.98 Å². The predicted octanol–water partition coefficient (Wildman–Crippen LogP) is 0.473. The van der Waals surface area contributed by atoms with Gasteiger partial charge in [0.2, 0.25) is 0 Å². The first-order chi connectivity index (χ1) is 4.33. The lowest BCUT2D eigenvalue weighted by molar-refractivity contribution is 0.413. The summed E-state index contributed by atoms with van der Waals surface area (Å²) in [4.78, 5) is 3.73. The Hall–Kier alpha value is -1.25. The molecule has 0 saturated heterocycles. The summed E-state index contributed by atoms with van der Waals surface area (Å²) in [6.07, 6.45) is 1.48. The van der Waals surface area contributed by atoms with Crippen LogP contribution in [0.3, 0.4) is 0 Å². The van der Waals surface area contributed by atoms with E-state index in [0.29, 0.717) is 11.6 Å². The second-order valence-corrected chi connectivity index (χ2v) is 1.54. The van der Waals surface area contributed by atoms with Crippen LogP contribution in [-0.4, -0.2) is 12.1 Å². The molecule has 1 aromatic heterocycles. The molecule has 0 spiro atoms. The molecular formula is C6H7N2O. The number of hydrogen-bond donors (Lipinski definition) is 1. The van der Waals surface area contributed by atoms with Gasteiger partial charge in [0.15, 0.2) is 0 Å². The van der Waals surface area contributed by atoms with E-state index in [9.17, 15) is 0 Å². The van der Waals surface area contributed by atoms with Crippen LogP contribution in [0, 0.1) is 6.07 Å². The summed E-state index contributed by atoms with van der Waals surface area (Å²) in [5.74, 6) is 1.06. The highest BCUT2D eigenvalue weighted by molar-refractivity contribution is 5.34. The first-order valence-electron chi connectivity index (χ1n) is 2.50. The van der Waals surface area contributed by atoms with Gasteiger partial charge in [-0.2, -0.15) is 0 Å². The molecule has 1 heterocycles. The smallest absolute Gasteiger partial charge is 0.132 e. The molecule has 3 heteroatoms. The van der Waals surface area contributed by atoms with Crippen molar-refractivity contribution in [2.45, 2.75) is 0 Å². The van der Waals surface area contributed by atoms with E-state index in [2.05, 4.69) is 11.1 Å². The van der Waals surface area contributed by atoms with Crippen molar-refractivity contribution in [2.75, 3.05) is 12.8 Å². The number of rotatable bonds is 1. The number of anilines is 1. The number of methoxy groups -OCH3 is 1. The second-order valence-electron chi connectivity index (χ2n) is 1.54. The molecule has 0 aromatic carbocycles. The van der Waals surface area contributed by atoms with Crippen LogP contribution in [0.1, 0.15) is 0 Å². The topological polar surface area (TPSA) is 48.1 Å². The predicted molar refractivity (Wildman–Crippen MR) is 34.0 cm³/mol. The molecule has 0 fully saturated rings. The minimum Gasteiger partial charge on any atom is -0.496 e. The minimum atomic E-state index is 0.450. The second kappa shape index (κ2) is 2.35. The summed E-state index contributed by atoms with van der Waals surface area (Å²) in [5.41, 5.74) is 5.32. The molecule has 1 radical (unpaired) electrons. The third-order valence-electron chi connectivity index (χ3n) is 0.919. The Morgan fingerprint density at radius 2 is 2.56 bits per heavy atom. The van der Waals surface area contributed by atoms with Crippen molar-refractivity contribution in [2.24, 2.45) is 0 Å². The number of ether oxygens (including phenoxy) is 1. The van der Waals surface area contributed by atoms with Gasteiger partial charge in [0.1, 0.15) is 11.6 Å². The van der Waals surface area contributed by atoms with Gasteiger partial charge in [-0.3, -0.25) is 0 Å². The van der Waals surface area contributed by atoms with Crippen molar-refractivity contribution >= 4 is 5.82 Å². The fraction of sp³-hybridized carbons (Fsp3) is 0.167. The first kappa shape index (κ1) is 5.88. The van der Waals surface area contributed by atoms with Gasteiger partial charge < -0.3 is 10.5 Å². The Balaban J connectivity index is 2.94. The van der Waals surface area contributed by atoms with Gasteiger partial charge in [0.25, 0.3) is 0 Å². The molecule has 1 rings (SSSR count). The monoisotopic (exact) mass is 123 g/mol. The zero-order valence-electron chi connectivity index (χ0n) is 5.09. The van der Waals surface area contributed by atoms with Crippen molar-refractivity contribution in [1.82, 2.24) is 4.98 Å². The Morgan fingerprint density at radius 1 is 1.78 bits per heavy atom. The number of nitrogens with zero attached hydrogens (tertiary/aromatic N) is 1. The molecule has 47 valence electrons. The lowest BCUT2D eigenvalue weighted by Gasteiger charge is -1.96. The molecule has 9 heavy (non-hydrogen) atoms. The van der Waals surface area contributed by atoms with Crippen molar-refractivity contribution in [3.63, 3.8) is 0 Å². The van der Waals surface area contributed by atoms with E-state index in [4.69, 9.17) is 10.5 Å². The third-order valence-corrected chi connectivity index (χ3v) is 0.919. The van der Waals surface area contributed by atoms with Gasteiger partial charge in [0.05, 0.1) is 7.11 Å². The quantitative estimate of drug-likeness (QED) is 0.590. The van der Waals surface area contributed by atoms with Crippen molar-refractivity contribution in [3.8, 4) is 5.75 Å². The molecular weight excluding hydrogens is 116 g/mol.